The van der Waals surface area contributed by atoms with Crippen molar-refractivity contribution in [2.75, 3.05) is 31.4 Å². The molecule has 0 spiro atoms. The number of halogens is 1. The zero-order chi connectivity index (χ0) is 16.3. The largest absolute Gasteiger partial charge is 0.465 e. The molecule has 1 aromatic carbocycles. The van der Waals surface area contributed by atoms with Gasteiger partial charge in [0.05, 0.1) is 25.0 Å². The molecule has 122 valence electrons. The number of carbonyl (C=O) groups is 1. The summed E-state index contributed by atoms with van der Waals surface area (Å²) in [7, 11) is -2.27. The first-order chi connectivity index (χ1) is 10.3. The molecule has 22 heavy (non-hydrogen) atoms. The molecule has 0 bridgehead atoms. The van der Waals surface area contributed by atoms with Crippen LogP contribution in [-0.2, 0) is 19.0 Å². The van der Waals surface area contributed by atoms with Gasteiger partial charge in [-0.25, -0.2) is 9.18 Å². The summed E-state index contributed by atoms with van der Waals surface area (Å²) < 4.78 is 45.4. The predicted octanol–water partition coefficient (Wildman–Crippen LogP) is 1.56. The molecule has 0 aliphatic carbocycles. The number of carbonyl (C=O) groups excluding carboxylic acids is 1. The SMILES string of the molecule is COC(=O)c1cc(N2CCC(OS(C)(=O)=O)CC2)ccc1F. The van der Waals surface area contributed by atoms with E-state index in [0.717, 1.165) is 6.26 Å². The number of hydrogen-bond donors (Lipinski definition) is 0. The molecule has 1 aromatic rings. The Morgan fingerprint density at radius 2 is 1.95 bits per heavy atom. The monoisotopic (exact) mass is 331 g/mol. The summed E-state index contributed by atoms with van der Waals surface area (Å²) in [6, 6.07) is 4.25. The van der Waals surface area contributed by atoms with Crippen molar-refractivity contribution in [1.82, 2.24) is 0 Å². The van der Waals surface area contributed by atoms with Gasteiger partial charge in [-0.3, -0.25) is 4.18 Å². The normalized spacial score (nSPS) is 16.6. The van der Waals surface area contributed by atoms with Crippen LogP contribution in [0.1, 0.15) is 23.2 Å². The first-order valence-electron chi connectivity index (χ1n) is 6.81. The second-order valence-electron chi connectivity index (χ2n) is 5.14. The van der Waals surface area contributed by atoms with Gasteiger partial charge in [-0.05, 0) is 31.0 Å². The van der Waals surface area contributed by atoms with E-state index < -0.39 is 21.9 Å². The lowest BCUT2D eigenvalue weighted by molar-refractivity contribution is 0.0595. The number of piperidine rings is 1. The first kappa shape index (κ1) is 16.7. The fourth-order valence-corrected chi connectivity index (χ4v) is 3.12. The van der Waals surface area contributed by atoms with Crippen LogP contribution in [-0.4, -0.2) is 46.9 Å². The Balaban J connectivity index is 2.07. The minimum Gasteiger partial charge on any atom is -0.465 e. The van der Waals surface area contributed by atoms with Crippen LogP contribution in [0.2, 0.25) is 0 Å². The van der Waals surface area contributed by atoms with Crippen LogP contribution in [0, 0.1) is 5.82 Å². The number of ether oxygens (including phenoxy) is 1. The van der Waals surface area contributed by atoms with Crippen molar-refractivity contribution < 1.29 is 26.5 Å². The topological polar surface area (TPSA) is 72.9 Å². The minimum atomic E-state index is -3.46. The molecule has 6 nitrogen and oxygen atoms in total. The third kappa shape index (κ3) is 4.17. The second kappa shape index (κ2) is 6.62. The molecule has 0 atom stereocenters. The average Bonchev–Trinajstić information content (AvgIpc) is 2.46. The minimum absolute atomic E-state index is 0.116. The van der Waals surface area contributed by atoms with Gasteiger partial charge in [0.2, 0.25) is 0 Å². The van der Waals surface area contributed by atoms with Crippen molar-refractivity contribution in [2.24, 2.45) is 0 Å². The summed E-state index contributed by atoms with van der Waals surface area (Å²) in [6.45, 7) is 1.12. The van der Waals surface area contributed by atoms with Gasteiger partial charge in [0.25, 0.3) is 10.1 Å². The maximum Gasteiger partial charge on any atom is 0.340 e. The van der Waals surface area contributed by atoms with Crippen LogP contribution in [0.25, 0.3) is 0 Å². The molecule has 0 radical (unpaired) electrons. The highest BCUT2D eigenvalue weighted by Gasteiger charge is 2.24. The zero-order valence-electron chi connectivity index (χ0n) is 12.4. The highest BCUT2D eigenvalue weighted by atomic mass is 32.2. The van der Waals surface area contributed by atoms with Crippen LogP contribution in [0.3, 0.4) is 0 Å². The Hall–Kier alpha value is -1.67. The summed E-state index contributed by atoms with van der Waals surface area (Å²) in [5.41, 5.74) is 0.578. The summed E-state index contributed by atoms with van der Waals surface area (Å²) in [6.07, 6.45) is 1.77. The number of nitrogens with zero attached hydrogens (tertiary/aromatic N) is 1. The maximum atomic E-state index is 13.6. The van der Waals surface area contributed by atoms with Gasteiger partial charge in [0, 0.05) is 18.8 Å². The molecule has 0 saturated carbocycles. The number of benzene rings is 1. The number of anilines is 1. The predicted molar refractivity (Wildman–Crippen MR) is 78.9 cm³/mol. The number of rotatable bonds is 4. The van der Waals surface area contributed by atoms with E-state index in [1.807, 2.05) is 4.90 Å². The first-order valence-corrected chi connectivity index (χ1v) is 8.63. The quantitative estimate of drug-likeness (QED) is 0.616. The van der Waals surface area contributed by atoms with Crippen molar-refractivity contribution in [3.05, 3.63) is 29.6 Å². The maximum absolute atomic E-state index is 13.6. The van der Waals surface area contributed by atoms with Gasteiger partial charge >= 0.3 is 5.97 Å². The lowest BCUT2D eigenvalue weighted by atomic mass is 10.1. The standard InChI is InChI=1S/C14H18FNO5S/c1-20-14(17)12-9-10(3-4-13(12)15)16-7-5-11(6-8-16)21-22(2,18)19/h3-4,9,11H,5-8H2,1-2H3. The third-order valence-electron chi connectivity index (χ3n) is 3.47. The molecule has 0 N–H and O–H groups in total. The highest BCUT2D eigenvalue weighted by Crippen LogP contribution is 2.24. The van der Waals surface area contributed by atoms with Gasteiger partial charge in [-0.15, -0.1) is 0 Å². The Kier molecular flexibility index (Phi) is 5.02. The Morgan fingerprint density at radius 1 is 1.32 bits per heavy atom. The van der Waals surface area contributed by atoms with E-state index in [4.69, 9.17) is 4.18 Å². The van der Waals surface area contributed by atoms with Crippen LogP contribution in [0.5, 0.6) is 0 Å². The van der Waals surface area contributed by atoms with Gasteiger partial charge in [-0.1, -0.05) is 0 Å². The lowest BCUT2D eigenvalue weighted by Gasteiger charge is -2.33. The summed E-state index contributed by atoms with van der Waals surface area (Å²) >= 11 is 0. The Labute approximate surface area is 128 Å². The van der Waals surface area contributed by atoms with Gasteiger partial charge in [-0.2, -0.15) is 8.42 Å². The molecule has 8 heteroatoms. The van der Waals surface area contributed by atoms with Gasteiger partial charge in [0.1, 0.15) is 5.82 Å². The summed E-state index contributed by atoms with van der Waals surface area (Å²) in [5, 5.41) is 0. The molecule has 1 aliphatic rings. The third-order valence-corrected chi connectivity index (χ3v) is 4.10. The summed E-state index contributed by atoms with van der Waals surface area (Å²) in [5.74, 6) is -1.36. The number of hydrogen-bond acceptors (Lipinski definition) is 6. The van der Waals surface area contributed by atoms with E-state index in [1.165, 1.54) is 19.2 Å². The van der Waals surface area contributed by atoms with Crippen molar-refractivity contribution in [1.29, 1.82) is 0 Å². The fraction of sp³-hybridized carbons (Fsp3) is 0.500. The fourth-order valence-electron chi connectivity index (χ4n) is 2.43. The van der Waals surface area contributed by atoms with Crippen LogP contribution < -0.4 is 4.90 Å². The van der Waals surface area contributed by atoms with Crippen LogP contribution in [0.4, 0.5) is 10.1 Å². The number of methoxy groups -OCH3 is 1. The smallest absolute Gasteiger partial charge is 0.340 e. The van der Waals surface area contributed by atoms with E-state index in [-0.39, 0.29) is 11.7 Å². The van der Waals surface area contributed by atoms with E-state index in [2.05, 4.69) is 4.74 Å². The van der Waals surface area contributed by atoms with Crippen molar-refractivity contribution >= 4 is 21.8 Å². The summed E-state index contributed by atoms with van der Waals surface area (Å²) in [4.78, 5) is 13.5. The molecule has 0 unspecified atom stereocenters. The molecular formula is C14H18FNO5S. The van der Waals surface area contributed by atoms with Crippen molar-refractivity contribution in [2.45, 2.75) is 18.9 Å². The van der Waals surface area contributed by atoms with Crippen LogP contribution >= 0.6 is 0 Å². The van der Waals surface area contributed by atoms with E-state index >= 15 is 0 Å². The lowest BCUT2D eigenvalue weighted by Crippen LogP contribution is -2.37. The highest BCUT2D eigenvalue weighted by molar-refractivity contribution is 7.86. The van der Waals surface area contributed by atoms with E-state index in [0.29, 0.717) is 31.6 Å². The van der Waals surface area contributed by atoms with Crippen molar-refractivity contribution in [3.8, 4) is 0 Å². The zero-order valence-corrected chi connectivity index (χ0v) is 13.2. The molecule has 1 fully saturated rings. The van der Waals surface area contributed by atoms with E-state index in [9.17, 15) is 17.6 Å². The molecule has 1 saturated heterocycles. The van der Waals surface area contributed by atoms with Gasteiger partial charge in [0.15, 0.2) is 0 Å². The molecule has 2 rings (SSSR count). The Bertz CT molecular complexity index is 653. The second-order valence-corrected chi connectivity index (χ2v) is 6.74. The number of esters is 1. The van der Waals surface area contributed by atoms with E-state index in [1.54, 1.807) is 6.07 Å². The molecule has 0 amide bonds. The van der Waals surface area contributed by atoms with Gasteiger partial charge < -0.3 is 9.64 Å². The Morgan fingerprint density at radius 3 is 2.50 bits per heavy atom. The molecule has 0 aromatic heterocycles. The average molecular weight is 331 g/mol. The molecular weight excluding hydrogens is 313 g/mol. The van der Waals surface area contributed by atoms with Crippen LogP contribution in [0.15, 0.2) is 18.2 Å². The molecule has 1 heterocycles. The molecule has 1 aliphatic heterocycles. The van der Waals surface area contributed by atoms with Crippen molar-refractivity contribution in [3.63, 3.8) is 0 Å².